The van der Waals surface area contributed by atoms with Crippen molar-refractivity contribution in [2.45, 2.75) is 24.8 Å². The number of fused-ring (bicyclic) bond motifs is 1. The van der Waals surface area contributed by atoms with Crippen molar-refractivity contribution >= 4 is 39.3 Å². The van der Waals surface area contributed by atoms with Gasteiger partial charge in [0.15, 0.2) is 5.16 Å². The molecule has 3 rings (SSSR count). The van der Waals surface area contributed by atoms with Crippen LogP contribution in [0.15, 0.2) is 22.3 Å². The number of aromatic nitrogens is 4. The lowest BCUT2D eigenvalue weighted by atomic mass is 10.2. The van der Waals surface area contributed by atoms with E-state index < -0.39 is 5.97 Å². The smallest absolute Gasteiger partial charge is 0.348 e. The second-order valence-corrected chi connectivity index (χ2v) is 7.02. The second kappa shape index (κ2) is 6.78. The van der Waals surface area contributed by atoms with E-state index in [-0.39, 0.29) is 5.56 Å². The van der Waals surface area contributed by atoms with E-state index >= 15 is 0 Å². The molecule has 0 aromatic carbocycles. The molecule has 9 heteroatoms. The van der Waals surface area contributed by atoms with E-state index in [0.717, 1.165) is 5.16 Å². The average Bonchev–Trinajstić information content (AvgIpc) is 3.09. The third kappa shape index (κ3) is 3.09. The van der Waals surface area contributed by atoms with Crippen molar-refractivity contribution in [1.82, 2.24) is 19.5 Å². The van der Waals surface area contributed by atoms with E-state index in [1.807, 2.05) is 17.8 Å². The molecule has 0 fully saturated rings. The van der Waals surface area contributed by atoms with Crippen molar-refractivity contribution in [2.24, 2.45) is 7.05 Å². The van der Waals surface area contributed by atoms with Crippen LogP contribution in [0.25, 0.3) is 10.2 Å². The molecular formula is C15H16N4O3S2. The summed E-state index contributed by atoms with van der Waals surface area (Å²) >= 11 is 2.67. The topological polar surface area (TPSA) is 89.9 Å². The number of aryl methyl sites for hydroxylation is 2. The summed E-state index contributed by atoms with van der Waals surface area (Å²) in [6, 6.07) is 0. The van der Waals surface area contributed by atoms with Gasteiger partial charge in [0.1, 0.15) is 15.5 Å². The predicted molar refractivity (Wildman–Crippen MR) is 93.7 cm³/mol. The van der Waals surface area contributed by atoms with E-state index in [4.69, 9.17) is 4.74 Å². The first-order valence-electron chi connectivity index (χ1n) is 7.30. The number of thioether (sulfide) groups is 1. The molecule has 0 saturated carbocycles. The lowest BCUT2D eigenvalue weighted by Gasteiger charge is -2.02. The van der Waals surface area contributed by atoms with Gasteiger partial charge in [-0.25, -0.2) is 14.8 Å². The highest BCUT2D eigenvalue weighted by atomic mass is 32.2. The SMILES string of the molecule is CCOC(=O)c1sc2nc(CSc3nccn3C)[nH]c(=O)c2c1C. The maximum atomic E-state index is 12.4. The molecule has 3 aromatic heterocycles. The van der Waals surface area contributed by atoms with Crippen LogP contribution in [0.2, 0.25) is 0 Å². The fourth-order valence-electron chi connectivity index (χ4n) is 2.27. The highest BCUT2D eigenvalue weighted by molar-refractivity contribution is 7.98. The fraction of sp³-hybridized carbons (Fsp3) is 0.333. The van der Waals surface area contributed by atoms with Gasteiger partial charge in [0, 0.05) is 19.4 Å². The number of carbonyl (C=O) groups is 1. The van der Waals surface area contributed by atoms with Crippen molar-refractivity contribution in [2.75, 3.05) is 6.61 Å². The highest BCUT2D eigenvalue weighted by Gasteiger charge is 2.20. The molecule has 0 aliphatic heterocycles. The monoisotopic (exact) mass is 364 g/mol. The van der Waals surface area contributed by atoms with E-state index in [1.165, 1.54) is 23.1 Å². The number of hydrogen-bond acceptors (Lipinski definition) is 7. The Bertz CT molecular complexity index is 957. The van der Waals surface area contributed by atoms with Crippen LogP contribution in [-0.4, -0.2) is 32.1 Å². The fourth-order valence-corrected chi connectivity index (χ4v) is 4.17. The number of H-pyrrole nitrogens is 1. The molecule has 3 heterocycles. The summed E-state index contributed by atoms with van der Waals surface area (Å²) < 4.78 is 6.93. The average molecular weight is 364 g/mol. The van der Waals surface area contributed by atoms with Crippen molar-refractivity contribution < 1.29 is 9.53 Å². The van der Waals surface area contributed by atoms with E-state index in [2.05, 4.69) is 15.0 Å². The molecule has 0 atom stereocenters. The third-order valence-electron chi connectivity index (χ3n) is 3.43. The van der Waals surface area contributed by atoms with Gasteiger partial charge in [-0.3, -0.25) is 4.79 Å². The number of imidazole rings is 1. The molecular weight excluding hydrogens is 348 g/mol. The summed E-state index contributed by atoms with van der Waals surface area (Å²) in [5, 5.41) is 1.29. The Morgan fingerprint density at radius 3 is 2.96 bits per heavy atom. The van der Waals surface area contributed by atoms with Crippen LogP contribution in [0, 0.1) is 6.92 Å². The Labute approximate surface area is 146 Å². The molecule has 1 N–H and O–H groups in total. The van der Waals surface area contributed by atoms with Crippen LogP contribution in [0.4, 0.5) is 0 Å². The van der Waals surface area contributed by atoms with Crippen LogP contribution in [-0.2, 0) is 17.5 Å². The lowest BCUT2D eigenvalue weighted by molar-refractivity contribution is 0.0531. The molecule has 126 valence electrons. The van der Waals surface area contributed by atoms with E-state index in [0.29, 0.717) is 38.8 Å². The zero-order valence-corrected chi connectivity index (χ0v) is 15.1. The van der Waals surface area contributed by atoms with Gasteiger partial charge in [0.05, 0.1) is 17.7 Å². The molecule has 0 spiro atoms. The van der Waals surface area contributed by atoms with Gasteiger partial charge >= 0.3 is 5.97 Å². The van der Waals surface area contributed by atoms with Crippen LogP contribution < -0.4 is 5.56 Å². The van der Waals surface area contributed by atoms with Gasteiger partial charge in [-0.2, -0.15) is 0 Å². The Kier molecular flexibility index (Phi) is 4.72. The van der Waals surface area contributed by atoms with Crippen molar-refractivity contribution in [3.8, 4) is 0 Å². The minimum absolute atomic E-state index is 0.236. The Balaban J connectivity index is 1.93. The number of nitrogens with one attached hydrogen (secondary N) is 1. The molecule has 0 unspecified atom stereocenters. The number of esters is 1. The van der Waals surface area contributed by atoms with Crippen LogP contribution in [0.5, 0.6) is 0 Å². The second-order valence-electron chi connectivity index (χ2n) is 5.08. The maximum Gasteiger partial charge on any atom is 0.348 e. The van der Waals surface area contributed by atoms with Gasteiger partial charge in [0.25, 0.3) is 5.56 Å². The summed E-state index contributed by atoms with van der Waals surface area (Å²) in [6.07, 6.45) is 3.58. The predicted octanol–water partition coefficient (Wildman–Crippen LogP) is 2.50. The lowest BCUT2D eigenvalue weighted by Crippen LogP contribution is -2.11. The quantitative estimate of drug-likeness (QED) is 0.553. The number of carbonyl (C=O) groups excluding carboxylic acids is 1. The van der Waals surface area contributed by atoms with Crippen LogP contribution in [0.1, 0.15) is 28.0 Å². The molecule has 0 aliphatic rings. The van der Waals surface area contributed by atoms with Gasteiger partial charge < -0.3 is 14.3 Å². The molecule has 0 saturated heterocycles. The normalized spacial score (nSPS) is 11.1. The summed E-state index contributed by atoms with van der Waals surface area (Å²) in [5.74, 6) is 0.625. The van der Waals surface area contributed by atoms with Crippen molar-refractivity contribution in [1.29, 1.82) is 0 Å². The molecule has 0 amide bonds. The van der Waals surface area contributed by atoms with Gasteiger partial charge in [-0.05, 0) is 19.4 Å². The van der Waals surface area contributed by atoms with Gasteiger partial charge in [-0.1, -0.05) is 11.8 Å². The summed E-state index contributed by atoms with van der Waals surface area (Å²) in [5.41, 5.74) is 0.380. The van der Waals surface area contributed by atoms with Crippen molar-refractivity contribution in [3.05, 3.63) is 39.0 Å². The third-order valence-corrected chi connectivity index (χ3v) is 5.66. The molecule has 0 bridgehead atoms. The molecule has 0 aliphatic carbocycles. The van der Waals surface area contributed by atoms with E-state index in [9.17, 15) is 9.59 Å². The standard InChI is InChI=1S/C15H16N4O3S2/c1-4-22-14(21)11-8(2)10-12(20)17-9(18-13(10)24-11)7-23-15-16-5-6-19(15)3/h5-6H,4,7H2,1-3H3,(H,17,18,20). The largest absolute Gasteiger partial charge is 0.462 e. The highest BCUT2D eigenvalue weighted by Crippen LogP contribution is 2.28. The zero-order chi connectivity index (χ0) is 17.3. The van der Waals surface area contributed by atoms with Crippen LogP contribution >= 0.6 is 23.1 Å². The number of thiophene rings is 1. The minimum Gasteiger partial charge on any atom is -0.462 e. The molecule has 3 aromatic rings. The first-order valence-corrected chi connectivity index (χ1v) is 9.11. The first kappa shape index (κ1) is 16.7. The summed E-state index contributed by atoms with van der Waals surface area (Å²) in [6.45, 7) is 3.78. The van der Waals surface area contributed by atoms with Crippen molar-refractivity contribution in [3.63, 3.8) is 0 Å². The Hall–Kier alpha value is -2.13. The summed E-state index contributed by atoms with van der Waals surface area (Å²) in [4.78, 5) is 36.8. The van der Waals surface area contributed by atoms with Crippen LogP contribution in [0.3, 0.4) is 0 Å². The molecule has 7 nitrogen and oxygen atoms in total. The number of rotatable bonds is 5. The number of hydrogen-bond donors (Lipinski definition) is 1. The van der Waals surface area contributed by atoms with Gasteiger partial charge in [0.2, 0.25) is 0 Å². The molecule has 0 radical (unpaired) electrons. The molecule has 24 heavy (non-hydrogen) atoms. The Morgan fingerprint density at radius 1 is 1.50 bits per heavy atom. The van der Waals surface area contributed by atoms with Gasteiger partial charge in [-0.15, -0.1) is 11.3 Å². The number of ether oxygens (including phenoxy) is 1. The Morgan fingerprint density at radius 2 is 2.29 bits per heavy atom. The number of aromatic amines is 1. The maximum absolute atomic E-state index is 12.4. The number of nitrogens with zero attached hydrogens (tertiary/aromatic N) is 3. The summed E-state index contributed by atoms with van der Waals surface area (Å²) in [7, 11) is 1.91. The van der Waals surface area contributed by atoms with E-state index in [1.54, 1.807) is 20.0 Å². The zero-order valence-electron chi connectivity index (χ0n) is 13.5. The minimum atomic E-state index is -0.415. The first-order chi connectivity index (χ1) is 11.5.